The molecule has 3 atom stereocenters. The summed E-state index contributed by atoms with van der Waals surface area (Å²) in [6, 6.07) is 5.89. The highest BCUT2D eigenvalue weighted by Crippen LogP contribution is 2.25. The minimum Gasteiger partial charge on any atom is -0.327 e. The first-order valence-corrected chi connectivity index (χ1v) is 6.81. The molecule has 2 rings (SSSR count). The second kappa shape index (κ2) is 5.06. The SMILES string of the molecule is NC1CCCCC1S(=O)c1ccc(F)cc1. The molecule has 1 aromatic carbocycles. The van der Waals surface area contributed by atoms with Crippen molar-refractivity contribution in [2.75, 3.05) is 0 Å². The van der Waals surface area contributed by atoms with Crippen LogP contribution in [0.25, 0.3) is 0 Å². The van der Waals surface area contributed by atoms with E-state index in [4.69, 9.17) is 5.73 Å². The summed E-state index contributed by atoms with van der Waals surface area (Å²) < 4.78 is 25.0. The van der Waals surface area contributed by atoms with Gasteiger partial charge < -0.3 is 5.73 Å². The molecular weight excluding hydrogens is 225 g/mol. The summed E-state index contributed by atoms with van der Waals surface area (Å²) >= 11 is 0. The minimum atomic E-state index is -1.10. The minimum absolute atomic E-state index is 0.0136. The number of benzene rings is 1. The Balaban J connectivity index is 2.14. The molecule has 4 heteroatoms. The Morgan fingerprint density at radius 3 is 2.44 bits per heavy atom. The second-order valence-corrected chi connectivity index (χ2v) is 5.91. The highest BCUT2D eigenvalue weighted by Gasteiger charge is 2.27. The van der Waals surface area contributed by atoms with Crippen LogP contribution in [0.3, 0.4) is 0 Å². The first kappa shape index (κ1) is 11.7. The van der Waals surface area contributed by atoms with Crippen molar-refractivity contribution in [3.63, 3.8) is 0 Å². The standard InChI is InChI=1S/C12H16FNOS/c13-9-5-7-10(8-6-9)16(15)12-4-2-1-3-11(12)14/h5-8,11-12H,1-4,14H2. The van der Waals surface area contributed by atoms with Gasteiger partial charge in [0.2, 0.25) is 0 Å². The van der Waals surface area contributed by atoms with E-state index < -0.39 is 10.8 Å². The first-order valence-electron chi connectivity index (χ1n) is 5.60. The van der Waals surface area contributed by atoms with Gasteiger partial charge in [-0.25, -0.2) is 4.39 Å². The van der Waals surface area contributed by atoms with E-state index in [1.807, 2.05) is 0 Å². The van der Waals surface area contributed by atoms with Gasteiger partial charge in [-0.3, -0.25) is 4.21 Å². The predicted octanol–water partition coefficient (Wildman–Crippen LogP) is 2.20. The molecule has 0 saturated heterocycles. The fourth-order valence-electron chi connectivity index (χ4n) is 2.13. The zero-order chi connectivity index (χ0) is 11.5. The van der Waals surface area contributed by atoms with Crippen LogP contribution >= 0.6 is 0 Å². The largest absolute Gasteiger partial charge is 0.327 e. The molecule has 1 aromatic rings. The highest BCUT2D eigenvalue weighted by atomic mass is 32.2. The van der Waals surface area contributed by atoms with E-state index in [0.29, 0.717) is 4.90 Å². The van der Waals surface area contributed by atoms with Gasteiger partial charge in [-0.2, -0.15) is 0 Å². The Morgan fingerprint density at radius 2 is 1.81 bits per heavy atom. The monoisotopic (exact) mass is 241 g/mol. The molecule has 0 bridgehead atoms. The molecule has 1 saturated carbocycles. The lowest BCUT2D eigenvalue weighted by molar-refractivity contribution is 0.445. The second-order valence-electron chi connectivity index (χ2n) is 4.24. The molecule has 0 aromatic heterocycles. The van der Waals surface area contributed by atoms with Crippen molar-refractivity contribution in [1.29, 1.82) is 0 Å². The fourth-order valence-corrected chi connectivity index (χ4v) is 3.72. The van der Waals surface area contributed by atoms with Gasteiger partial charge in [-0.05, 0) is 37.1 Å². The van der Waals surface area contributed by atoms with Crippen LogP contribution in [0.15, 0.2) is 29.2 Å². The molecule has 2 N–H and O–H groups in total. The van der Waals surface area contributed by atoms with E-state index in [1.165, 1.54) is 12.1 Å². The Bertz CT molecular complexity index is 379. The number of nitrogens with two attached hydrogens (primary N) is 1. The van der Waals surface area contributed by atoms with Crippen molar-refractivity contribution < 1.29 is 8.60 Å². The Hall–Kier alpha value is -0.740. The lowest BCUT2D eigenvalue weighted by Gasteiger charge is -2.27. The molecule has 16 heavy (non-hydrogen) atoms. The Labute approximate surface area is 97.5 Å². The van der Waals surface area contributed by atoms with Gasteiger partial charge >= 0.3 is 0 Å². The number of rotatable bonds is 2. The maximum absolute atomic E-state index is 12.7. The maximum Gasteiger partial charge on any atom is 0.123 e. The third kappa shape index (κ3) is 2.50. The molecule has 0 heterocycles. The smallest absolute Gasteiger partial charge is 0.123 e. The lowest BCUT2D eigenvalue weighted by Crippen LogP contribution is -2.40. The van der Waals surface area contributed by atoms with Gasteiger partial charge in [0.1, 0.15) is 5.82 Å². The van der Waals surface area contributed by atoms with E-state index in [1.54, 1.807) is 12.1 Å². The molecule has 1 aliphatic rings. The van der Waals surface area contributed by atoms with Crippen molar-refractivity contribution in [1.82, 2.24) is 0 Å². The van der Waals surface area contributed by atoms with E-state index in [9.17, 15) is 8.60 Å². The van der Waals surface area contributed by atoms with Gasteiger partial charge in [0.25, 0.3) is 0 Å². The van der Waals surface area contributed by atoms with Crippen LogP contribution < -0.4 is 5.73 Å². The van der Waals surface area contributed by atoms with Crippen LogP contribution in [0.1, 0.15) is 25.7 Å². The molecule has 88 valence electrons. The predicted molar refractivity (Wildman–Crippen MR) is 63.0 cm³/mol. The van der Waals surface area contributed by atoms with Gasteiger partial charge in [-0.15, -0.1) is 0 Å². The van der Waals surface area contributed by atoms with Crippen molar-refractivity contribution >= 4 is 10.8 Å². The molecule has 0 spiro atoms. The van der Waals surface area contributed by atoms with Crippen LogP contribution in [0.5, 0.6) is 0 Å². The van der Waals surface area contributed by atoms with Crippen molar-refractivity contribution in [2.45, 2.75) is 41.9 Å². The van der Waals surface area contributed by atoms with Crippen molar-refractivity contribution in [2.24, 2.45) is 5.73 Å². The number of halogens is 1. The average molecular weight is 241 g/mol. The van der Waals surface area contributed by atoms with Crippen LogP contribution in [0.4, 0.5) is 4.39 Å². The summed E-state index contributed by atoms with van der Waals surface area (Å²) in [4.78, 5) is 0.684. The van der Waals surface area contributed by atoms with Crippen molar-refractivity contribution in [3.05, 3.63) is 30.1 Å². The zero-order valence-corrected chi connectivity index (χ0v) is 9.88. The number of hydrogen-bond acceptors (Lipinski definition) is 2. The average Bonchev–Trinajstić information content (AvgIpc) is 2.30. The number of hydrogen-bond donors (Lipinski definition) is 1. The Kier molecular flexibility index (Phi) is 3.71. The summed E-state index contributed by atoms with van der Waals surface area (Å²) in [7, 11) is -1.10. The maximum atomic E-state index is 12.7. The van der Waals surface area contributed by atoms with E-state index in [2.05, 4.69) is 0 Å². The molecule has 1 fully saturated rings. The molecule has 0 radical (unpaired) electrons. The van der Waals surface area contributed by atoms with Gasteiger partial charge in [0.15, 0.2) is 0 Å². The van der Waals surface area contributed by atoms with Crippen LogP contribution in [0, 0.1) is 5.82 Å². The first-order chi connectivity index (χ1) is 7.68. The molecule has 1 aliphatic carbocycles. The third-order valence-electron chi connectivity index (χ3n) is 3.07. The molecule has 0 aliphatic heterocycles. The Morgan fingerprint density at radius 1 is 1.19 bits per heavy atom. The molecule has 2 nitrogen and oxygen atoms in total. The summed E-state index contributed by atoms with van der Waals surface area (Å²) in [6.45, 7) is 0. The van der Waals surface area contributed by atoms with E-state index in [0.717, 1.165) is 25.7 Å². The topological polar surface area (TPSA) is 43.1 Å². The molecule has 0 amide bonds. The lowest BCUT2D eigenvalue weighted by atomic mass is 9.96. The summed E-state index contributed by atoms with van der Waals surface area (Å²) in [5, 5.41) is 0.0270. The molecule has 3 unspecified atom stereocenters. The van der Waals surface area contributed by atoms with Crippen LogP contribution in [0.2, 0.25) is 0 Å². The summed E-state index contributed by atoms with van der Waals surface area (Å²) in [5.41, 5.74) is 5.98. The summed E-state index contributed by atoms with van der Waals surface area (Å²) in [6.07, 6.45) is 4.06. The van der Waals surface area contributed by atoms with Gasteiger partial charge in [0, 0.05) is 10.9 Å². The van der Waals surface area contributed by atoms with E-state index in [-0.39, 0.29) is 17.1 Å². The fraction of sp³-hybridized carbons (Fsp3) is 0.500. The normalized spacial score (nSPS) is 27.6. The molecular formula is C12H16FNOS. The van der Waals surface area contributed by atoms with Crippen LogP contribution in [-0.4, -0.2) is 15.5 Å². The summed E-state index contributed by atoms with van der Waals surface area (Å²) in [5.74, 6) is -0.298. The van der Waals surface area contributed by atoms with E-state index >= 15 is 0 Å². The van der Waals surface area contributed by atoms with Crippen molar-refractivity contribution in [3.8, 4) is 0 Å². The third-order valence-corrected chi connectivity index (χ3v) is 4.95. The quantitative estimate of drug-likeness (QED) is 0.862. The van der Waals surface area contributed by atoms with Crippen LogP contribution in [-0.2, 0) is 10.8 Å². The highest BCUT2D eigenvalue weighted by molar-refractivity contribution is 7.85. The van der Waals surface area contributed by atoms with Gasteiger partial charge in [-0.1, -0.05) is 12.8 Å². The van der Waals surface area contributed by atoms with Gasteiger partial charge in [0.05, 0.1) is 16.0 Å². The zero-order valence-electron chi connectivity index (χ0n) is 9.06.